The van der Waals surface area contributed by atoms with Gasteiger partial charge >= 0.3 is 0 Å². The minimum Gasteiger partial charge on any atom is -0.492 e. The number of halogens is 1. The maximum Gasteiger partial charge on any atom is 0.230 e. The molecule has 1 aliphatic rings. The third-order valence-corrected chi connectivity index (χ3v) is 6.16. The molecule has 28 heavy (non-hydrogen) atoms. The third kappa shape index (κ3) is 2.92. The second-order valence-corrected chi connectivity index (χ2v) is 7.67. The van der Waals surface area contributed by atoms with Gasteiger partial charge in [0, 0.05) is 31.9 Å². The van der Waals surface area contributed by atoms with Crippen LogP contribution in [-0.4, -0.2) is 50.8 Å². The Morgan fingerprint density at radius 2 is 1.89 bits per heavy atom. The van der Waals surface area contributed by atoms with Crippen LogP contribution in [0.3, 0.4) is 0 Å². The summed E-state index contributed by atoms with van der Waals surface area (Å²) < 4.78 is 20.3. The Morgan fingerprint density at radius 3 is 2.57 bits per heavy atom. The number of piperazine rings is 1. The van der Waals surface area contributed by atoms with E-state index in [0.29, 0.717) is 4.96 Å². The number of nitrogens with zero attached hydrogens (tertiary/aromatic N) is 5. The number of benzene rings is 1. The number of thiazole rings is 1. The summed E-state index contributed by atoms with van der Waals surface area (Å²) in [5.41, 5.74) is 1.01. The van der Waals surface area contributed by atoms with Gasteiger partial charge in [-0.2, -0.15) is 9.61 Å². The molecule has 1 aliphatic heterocycles. The molecule has 1 fully saturated rings. The maximum atomic E-state index is 13.2. The quantitative estimate of drug-likeness (QED) is 0.569. The van der Waals surface area contributed by atoms with E-state index >= 15 is 0 Å². The molecule has 0 saturated carbocycles. The molecular weight excluding hydrogens is 381 g/mol. The number of aromatic hydroxyl groups is 1. The Balaban J connectivity index is 1.42. The fourth-order valence-corrected chi connectivity index (χ4v) is 4.76. The van der Waals surface area contributed by atoms with Gasteiger partial charge in [-0.05, 0) is 36.4 Å². The van der Waals surface area contributed by atoms with Gasteiger partial charge in [0.25, 0.3) is 0 Å². The molecule has 0 aliphatic carbocycles. The molecule has 9 heteroatoms. The molecule has 0 amide bonds. The molecule has 5 rings (SSSR count). The Kier molecular flexibility index (Phi) is 4.25. The highest BCUT2D eigenvalue weighted by Crippen LogP contribution is 2.40. The Labute approximate surface area is 164 Å². The fourth-order valence-electron chi connectivity index (χ4n) is 3.68. The standard InChI is InChI=1S/C19H18FN5O2S/c20-13-3-5-14(6-4-13)23-7-9-24(10-8-23)16(15-2-1-11-27-15)17-18(26)25-19(28-17)21-12-22-25/h1-6,11-12,16,26H,7-10H2/t16-/m1/s1. The molecule has 0 spiro atoms. The monoisotopic (exact) mass is 399 g/mol. The number of hydrogen-bond donors (Lipinski definition) is 1. The zero-order chi connectivity index (χ0) is 19.1. The van der Waals surface area contributed by atoms with Gasteiger partial charge in [-0.15, -0.1) is 0 Å². The lowest BCUT2D eigenvalue weighted by Crippen LogP contribution is -2.47. The Morgan fingerprint density at radius 1 is 1.11 bits per heavy atom. The summed E-state index contributed by atoms with van der Waals surface area (Å²) in [7, 11) is 0. The Hall–Kier alpha value is -2.91. The minimum atomic E-state index is -0.230. The molecular formula is C19H18FN5O2S. The van der Waals surface area contributed by atoms with Crippen LogP contribution in [0.25, 0.3) is 4.96 Å². The molecule has 0 unspecified atom stereocenters. The van der Waals surface area contributed by atoms with Crippen LogP contribution >= 0.6 is 11.3 Å². The second-order valence-electron chi connectivity index (χ2n) is 6.66. The average molecular weight is 399 g/mol. The average Bonchev–Trinajstić information content (AvgIpc) is 3.45. The number of aromatic nitrogens is 3. The van der Waals surface area contributed by atoms with Crippen molar-refractivity contribution in [2.24, 2.45) is 0 Å². The van der Waals surface area contributed by atoms with Gasteiger partial charge in [0.2, 0.25) is 10.8 Å². The largest absolute Gasteiger partial charge is 0.492 e. The summed E-state index contributed by atoms with van der Waals surface area (Å²) in [5, 5.41) is 14.8. The molecule has 4 aromatic rings. The van der Waals surface area contributed by atoms with Gasteiger partial charge < -0.3 is 14.4 Å². The van der Waals surface area contributed by atoms with Crippen molar-refractivity contribution in [3.05, 3.63) is 65.4 Å². The molecule has 7 nitrogen and oxygen atoms in total. The van der Waals surface area contributed by atoms with Gasteiger partial charge in [0.15, 0.2) is 0 Å². The summed E-state index contributed by atoms with van der Waals surface area (Å²) in [4.78, 5) is 10.1. The van der Waals surface area contributed by atoms with Crippen LogP contribution in [0.4, 0.5) is 10.1 Å². The number of anilines is 1. The van der Waals surface area contributed by atoms with Crippen molar-refractivity contribution >= 4 is 22.0 Å². The first-order valence-electron chi connectivity index (χ1n) is 9.00. The third-order valence-electron chi connectivity index (χ3n) is 5.07. The molecule has 1 atom stereocenters. The SMILES string of the molecule is Oc1c([C@@H](c2ccco2)N2CCN(c3ccc(F)cc3)CC2)sc2ncnn12. The Bertz CT molecular complexity index is 1070. The van der Waals surface area contributed by atoms with E-state index in [9.17, 15) is 9.50 Å². The minimum absolute atomic E-state index is 0.0971. The zero-order valence-electron chi connectivity index (χ0n) is 14.9. The summed E-state index contributed by atoms with van der Waals surface area (Å²) in [6.45, 7) is 3.14. The number of fused-ring (bicyclic) bond motifs is 1. The summed E-state index contributed by atoms with van der Waals surface area (Å²) in [5.74, 6) is 0.641. The van der Waals surface area contributed by atoms with Crippen molar-refractivity contribution in [2.75, 3.05) is 31.1 Å². The summed E-state index contributed by atoms with van der Waals surface area (Å²) in [6.07, 6.45) is 3.07. The highest BCUT2D eigenvalue weighted by atomic mass is 32.1. The molecule has 144 valence electrons. The first kappa shape index (κ1) is 17.2. The van der Waals surface area contributed by atoms with E-state index in [1.54, 1.807) is 18.4 Å². The molecule has 1 N–H and O–H groups in total. The lowest BCUT2D eigenvalue weighted by atomic mass is 10.1. The van der Waals surface area contributed by atoms with Gasteiger partial charge in [0.05, 0.1) is 11.1 Å². The summed E-state index contributed by atoms with van der Waals surface area (Å²) in [6, 6.07) is 10.2. The van der Waals surface area contributed by atoms with E-state index in [1.807, 2.05) is 12.1 Å². The van der Waals surface area contributed by atoms with Crippen LogP contribution in [0, 0.1) is 5.82 Å². The van der Waals surface area contributed by atoms with E-state index in [0.717, 1.165) is 42.5 Å². The maximum absolute atomic E-state index is 13.2. The van der Waals surface area contributed by atoms with Gasteiger partial charge in [-0.25, -0.2) is 9.37 Å². The van der Waals surface area contributed by atoms with Crippen LogP contribution in [0.2, 0.25) is 0 Å². The van der Waals surface area contributed by atoms with Crippen molar-refractivity contribution in [1.82, 2.24) is 19.5 Å². The van der Waals surface area contributed by atoms with Crippen molar-refractivity contribution < 1.29 is 13.9 Å². The van der Waals surface area contributed by atoms with Crippen LogP contribution in [0.15, 0.2) is 53.4 Å². The van der Waals surface area contributed by atoms with Crippen molar-refractivity contribution in [3.63, 3.8) is 0 Å². The molecule has 4 heterocycles. The number of hydrogen-bond acceptors (Lipinski definition) is 7. The van der Waals surface area contributed by atoms with Crippen LogP contribution in [0.1, 0.15) is 16.7 Å². The highest BCUT2D eigenvalue weighted by molar-refractivity contribution is 7.17. The normalized spacial score (nSPS) is 16.7. The van der Waals surface area contributed by atoms with Gasteiger partial charge in [0.1, 0.15) is 23.9 Å². The van der Waals surface area contributed by atoms with E-state index < -0.39 is 0 Å². The van der Waals surface area contributed by atoms with E-state index in [-0.39, 0.29) is 17.7 Å². The predicted octanol–water partition coefficient (Wildman–Crippen LogP) is 3.14. The topological polar surface area (TPSA) is 70.0 Å². The van der Waals surface area contributed by atoms with Gasteiger partial charge in [-0.1, -0.05) is 11.3 Å². The highest BCUT2D eigenvalue weighted by Gasteiger charge is 2.33. The van der Waals surface area contributed by atoms with Crippen molar-refractivity contribution in [2.45, 2.75) is 6.04 Å². The lowest BCUT2D eigenvalue weighted by molar-refractivity contribution is 0.191. The fraction of sp³-hybridized carbons (Fsp3) is 0.263. The molecule has 0 bridgehead atoms. The van der Waals surface area contributed by atoms with E-state index in [4.69, 9.17) is 4.42 Å². The summed E-state index contributed by atoms with van der Waals surface area (Å²) >= 11 is 1.41. The van der Waals surface area contributed by atoms with E-state index in [1.165, 1.54) is 34.3 Å². The van der Waals surface area contributed by atoms with Crippen LogP contribution in [-0.2, 0) is 0 Å². The van der Waals surface area contributed by atoms with Gasteiger partial charge in [-0.3, -0.25) is 4.90 Å². The van der Waals surface area contributed by atoms with Crippen molar-refractivity contribution in [1.29, 1.82) is 0 Å². The van der Waals surface area contributed by atoms with Crippen molar-refractivity contribution in [3.8, 4) is 5.88 Å². The van der Waals surface area contributed by atoms with Crippen LogP contribution in [0.5, 0.6) is 5.88 Å². The molecule has 1 aromatic carbocycles. The zero-order valence-corrected chi connectivity index (χ0v) is 15.7. The first-order chi connectivity index (χ1) is 13.7. The van der Waals surface area contributed by atoms with E-state index in [2.05, 4.69) is 19.9 Å². The molecule has 0 radical (unpaired) electrons. The molecule has 1 saturated heterocycles. The second kappa shape index (κ2) is 6.92. The van der Waals surface area contributed by atoms with Crippen LogP contribution < -0.4 is 4.90 Å². The lowest BCUT2D eigenvalue weighted by Gasteiger charge is -2.39. The molecule has 3 aromatic heterocycles. The first-order valence-corrected chi connectivity index (χ1v) is 9.82. The number of furan rings is 1. The predicted molar refractivity (Wildman–Crippen MR) is 103 cm³/mol. The number of rotatable bonds is 4. The smallest absolute Gasteiger partial charge is 0.230 e.